The fraction of sp³-hybridized carbons (Fsp3) is 0.522. The molecular weight excluding hydrogens is 341 g/mol. The van der Waals surface area contributed by atoms with E-state index in [1.807, 2.05) is 12.1 Å². The van der Waals surface area contributed by atoms with E-state index in [0.29, 0.717) is 23.1 Å². The van der Waals surface area contributed by atoms with Crippen molar-refractivity contribution in [2.24, 2.45) is 11.8 Å². The van der Waals surface area contributed by atoms with Crippen LogP contribution in [0.4, 0.5) is 4.39 Å². The summed E-state index contributed by atoms with van der Waals surface area (Å²) in [5.74, 6) is -0.344. The predicted octanol–water partition coefficient (Wildman–Crippen LogP) is 5.39. The topological polar surface area (TPSA) is 31.4 Å². The number of benzene rings is 1. The molecule has 0 bridgehead atoms. The van der Waals surface area contributed by atoms with Crippen LogP contribution in [-0.2, 0) is 21.7 Å². The van der Waals surface area contributed by atoms with Crippen LogP contribution in [0.25, 0.3) is 11.3 Å². The van der Waals surface area contributed by atoms with Crippen LogP contribution >= 0.6 is 0 Å². The summed E-state index contributed by atoms with van der Waals surface area (Å²) >= 11 is 0. The van der Waals surface area contributed by atoms with E-state index < -0.39 is 5.79 Å². The maximum atomic E-state index is 14.4. The van der Waals surface area contributed by atoms with Crippen LogP contribution in [0.15, 0.2) is 30.3 Å². The molecule has 144 valence electrons. The van der Waals surface area contributed by atoms with Crippen molar-refractivity contribution in [3.05, 3.63) is 53.0 Å². The number of aryl methyl sites for hydroxylation is 1. The normalized spacial score (nSPS) is 23.6. The molecule has 1 saturated heterocycles. The van der Waals surface area contributed by atoms with Crippen molar-refractivity contribution in [2.45, 2.75) is 65.5 Å². The first-order valence-corrected chi connectivity index (χ1v) is 9.94. The lowest BCUT2D eigenvalue weighted by Gasteiger charge is -2.24. The van der Waals surface area contributed by atoms with Gasteiger partial charge in [0.15, 0.2) is 0 Å². The van der Waals surface area contributed by atoms with E-state index in [9.17, 15) is 4.39 Å². The molecule has 27 heavy (non-hydrogen) atoms. The highest BCUT2D eigenvalue weighted by molar-refractivity contribution is 5.62. The van der Waals surface area contributed by atoms with Crippen LogP contribution in [-0.4, -0.2) is 17.2 Å². The molecule has 2 aromatic rings. The number of fused-ring (bicyclic) bond motifs is 2. The number of aromatic nitrogens is 1. The summed E-state index contributed by atoms with van der Waals surface area (Å²) in [6.07, 6.45) is 1.72. The standard InChI is InChI=1S/C23H28FNO2/c1-13(2)20-21(14(3)4)27-23(26-20)11-10-16-15(5)12-19(25-22(16)23)17-8-6-7-9-18(17)24/h6-9,12-14,20-21H,10-11H2,1-5H3/t20-,21-/m0/s1. The first-order valence-electron chi connectivity index (χ1n) is 9.94. The molecule has 1 fully saturated rings. The van der Waals surface area contributed by atoms with Crippen LogP contribution < -0.4 is 0 Å². The molecule has 0 radical (unpaired) electrons. The lowest BCUT2D eigenvalue weighted by molar-refractivity contribution is -0.190. The molecule has 2 heterocycles. The maximum Gasteiger partial charge on any atom is 0.213 e. The average molecular weight is 369 g/mol. The van der Waals surface area contributed by atoms with Gasteiger partial charge in [0.2, 0.25) is 5.79 Å². The minimum Gasteiger partial charge on any atom is -0.338 e. The number of rotatable bonds is 3. The zero-order valence-corrected chi connectivity index (χ0v) is 16.8. The lowest BCUT2D eigenvalue weighted by Crippen LogP contribution is -2.31. The van der Waals surface area contributed by atoms with Crippen LogP contribution in [0.1, 0.15) is 50.9 Å². The molecular formula is C23H28FNO2. The van der Waals surface area contributed by atoms with Gasteiger partial charge in [0.05, 0.1) is 17.9 Å². The van der Waals surface area contributed by atoms with Crippen molar-refractivity contribution in [3.63, 3.8) is 0 Å². The number of halogens is 1. The molecule has 4 rings (SSSR count). The Labute approximate surface area is 160 Å². The molecule has 2 aliphatic rings. The number of nitrogens with zero attached hydrogens (tertiary/aromatic N) is 1. The molecule has 0 amide bonds. The van der Waals surface area contributed by atoms with E-state index in [0.717, 1.165) is 24.1 Å². The summed E-state index contributed by atoms with van der Waals surface area (Å²) in [4.78, 5) is 4.88. The fourth-order valence-electron chi connectivity index (χ4n) is 4.41. The van der Waals surface area contributed by atoms with Crippen molar-refractivity contribution in [3.8, 4) is 11.3 Å². The van der Waals surface area contributed by atoms with Crippen molar-refractivity contribution < 1.29 is 13.9 Å². The highest BCUT2D eigenvalue weighted by Crippen LogP contribution is 2.50. The Bertz CT molecular complexity index is 845. The molecule has 2 atom stereocenters. The maximum absolute atomic E-state index is 14.4. The van der Waals surface area contributed by atoms with Gasteiger partial charge >= 0.3 is 0 Å². The fourth-order valence-corrected chi connectivity index (χ4v) is 4.41. The minimum absolute atomic E-state index is 0.0372. The van der Waals surface area contributed by atoms with E-state index in [1.54, 1.807) is 12.1 Å². The van der Waals surface area contributed by atoms with Gasteiger partial charge in [-0.3, -0.25) is 0 Å². The van der Waals surface area contributed by atoms with E-state index >= 15 is 0 Å². The van der Waals surface area contributed by atoms with E-state index in [-0.39, 0.29) is 18.0 Å². The third-order valence-corrected chi connectivity index (χ3v) is 5.85. The van der Waals surface area contributed by atoms with Gasteiger partial charge in [0.1, 0.15) is 11.5 Å². The lowest BCUT2D eigenvalue weighted by atomic mass is 9.94. The van der Waals surface area contributed by atoms with Crippen LogP contribution in [0, 0.1) is 24.6 Å². The summed E-state index contributed by atoms with van der Waals surface area (Å²) in [7, 11) is 0. The Balaban J connectivity index is 1.81. The van der Waals surface area contributed by atoms with Crippen molar-refractivity contribution in [2.75, 3.05) is 0 Å². The zero-order valence-electron chi connectivity index (χ0n) is 16.8. The van der Waals surface area contributed by atoms with Crippen molar-refractivity contribution in [1.29, 1.82) is 0 Å². The first kappa shape index (κ1) is 18.6. The molecule has 1 aliphatic heterocycles. The molecule has 1 aromatic carbocycles. The molecule has 0 unspecified atom stereocenters. The SMILES string of the molecule is Cc1cc(-c2ccccc2F)nc2c1CCC21O[C@@H](C(C)C)[C@H](C(C)C)O1. The molecule has 0 saturated carbocycles. The second-order valence-electron chi connectivity index (χ2n) is 8.54. The van der Waals surface area contributed by atoms with Crippen LogP contribution in [0.5, 0.6) is 0 Å². The van der Waals surface area contributed by atoms with Gasteiger partial charge in [-0.05, 0) is 54.5 Å². The number of ether oxygens (including phenoxy) is 2. The first-order chi connectivity index (χ1) is 12.8. The van der Waals surface area contributed by atoms with E-state index in [2.05, 4.69) is 34.6 Å². The van der Waals surface area contributed by atoms with Crippen molar-refractivity contribution >= 4 is 0 Å². The summed E-state index contributed by atoms with van der Waals surface area (Å²) in [5.41, 5.74) is 4.31. The van der Waals surface area contributed by atoms with E-state index in [4.69, 9.17) is 14.5 Å². The molecule has 1 aromatic heterocycles. The zero-order chi connectivity index (χ0) is 19.3. The third kappa shape index (κ3) is 2.99. The number of pyridine rings is 1. The predicted molar refractivity (Wildman–Crippen MR) is 104 cm³/mol. The summed E-state index contributed by atoms with van der Waals surface area (Å²) in [6.45, 7) is 10.8. The summed E-state index contributed by atoms with van der Waals surface area (Å²) < 4.78 is 27.5. The summed E-state index contributed by atoms with van der Waals surface area (Å²) in [5, 5.41) is 0. The van der Waals surface area contributed by atoms with Gasteiger partial charge in [0, 0.05) is 12.0 Å². The second-order valence-corrected chi connectivity index (χ2v) is 8.54. The molecule has 1 spiro atoms. The highest BCUT2D eigenvalue weighted by Gasteiger charge is 2.54. The molecule has 3 nitrogen and oxygen atoms in total. The van der Waals surface area contributed by atoms with Crippen molar-refractivity contribution in [1.82, 2.24) is 4.98 Å². The Kier molecular flexibility index (Phi) is 4.59. The highest BCUT2D eigenvalue weighted by atomic mass is 19.1. The minimum atomic E-state index is -0.800. The van der Waals surface area contributed by atoms with E-state index in [1.165, 1.54) is 11.6 Å². The number of hydrogen-bond donors (Lipinski definition) is 0. The smallest absolute Gasteiger partial charge is 0.213 e. The van der Waals surface area contributed by atoms with Crippen LogP contribution in [0.2, 0.25) is 0 Å². The Morgan fingerprint density at radius 1 is 1.07 bits per heavy atom. The monoisotopic (exact) mass is 369 g/mol. The molecule has 4 heteroatoms. The molecule has 0 N–H and O–H groups in total. The number of hydrogen-bond acceptors (Lipinski definition) is 3. The Morgan fingerprint density at radius 2 is 1.70 bits per heavy atom. The van der Waals surface area contributed by atoms with Crippen LogP contribution in [0.3, 0.4) is 0 Å². The largest absolute Gasteiger partial charge is 0.338 e. The van der Waals surface area contributed by atoms with Gasteiger partial charge in [-0.15, -0.1) is 0 Å². The Hall–Kier alpha value is -1.78. The van der Waals surface area contributed by atoms with Gasteiger partial charge < -0.3 is 9.47 Å². The van der Waals surface area contributed by atoms with Gasteiger partial charge in [-0.2, -0.15) is 0 Å². The third-order valence-electron chi connectivity index (χ3n) is 5.85. The van der Waals surface area contributed by atoms with Gasteiger partial charge in [0.25, 0.3) is 0 Å². The average Bonchev–Trinajstić information content (AvgIpc) is 3.18. The summed E-state index contributed by atoms with van der Waals surface area (Å²) in [6, 6.07) is 8.76. The quantitative estimate of drug-likeness (QED) is 0.727. The van der Waals surface area contributed by atoms with Gasteiger partial charge in [-0.25, -0.2) is 9.37 Å². The molecule has 1 aliphatic carbocycles. The Morgan fingerprint density at radius 3 is 2.30 bits per heavy atom. The van der Waals surface area contributed by atoms with Gasteiger partial charge in [-0.1, -0.05) is 39.8 Å². The second kappa shape index (κ2) is 6.68.